The lowest BCUT2D eigenvalue weighted by Gasteiger charge is -2.17. The van der Waals surface area contributed by atoms with Crippen LogP contribution in [0.4, 0.5) is 0 Å². The quantitative estimate of drug-likeness (QED) is 0.702. The highest BCUT2D eigenvalue weighted by molar-refractivity contribution is 5.42. The van der Waals surface area contributed by atoms with Gasteiger partial charge in [0.25, 0.3) is 0 Å². The summed E-state index contributed by atoms with van der Waals surface area (Å²) < 4.78 is 16.8. The molecular weight excluding hydrogens is 240 g/mol. The second kappa shape index (κ2) is 6.29. The van der Waals surface area contributed by atoms with Crippen molar-refractivity contribution in [2.45, 2.75) is 52.2 Å². The van der Waals surface area contributed by atoms with Gasteiger partial charge in [0.05, 0.1) is 25.4 Å². The molecule has 1 fully saturated rings. The summed E-state index contributed by atoms with van der Waals surface area (Å²) in [6.45, 7) is 9.73. The first-order chi connectivity index (χ1) is 9.15. The van der Waals surface area contributed by atoms with Crippen LogP contribution in [-0.4, -0.2) is 25.4 Å². The predicted molar refractivity (Wildman–Crippen MR) is 76.1 cm³/mol. The minimum Gasteiger partial charge on any atom is -0.494 e. The van der Waals surface area contributed by atoms with Gasteiger partial charge in [-0.2, -0.15) is 0 Å². The molecule has 0 N–H and O–H groups in total. The van der Waals surface area contributed by atoms with Crippen LogP contribution < -0.4 is 9.47 Å². The highest BCUT2D eigenvalue weighted by Crippen LogP contribution is 2.37. The third-order valence-corrected chi connectivity index (χ3v) is 3.55. The topological polar surface area (TPSA) is 31.0 Å². The first-order valence-electron chi connectivity index (χ1n) is 7.20. The van der Waals surface area contributed by atoms with Crippen LogP contribution in [0.3, 0.4) is 0 Å². The normalized spacial score (nSPS) is 22.9. The van der Waals surface area contributed by atoms with E-state index in [4.69, 9.17) is 14.2 Å². The summed E-state index contributed by atoms with van der Waals surface area (Å²) in [6, 6.07) is 6.09. The van der Waals surface area contributed by atoms with Crippen LogP contribution in [0.2, 0.25) is 0 Å². The number of hydrogen-bond acceptors (Lipinski definition) is 3. The SMILES string of the molecule is CCOc1ccc(OCC)c(C(C)CC2OC2C)c1. The van der Waals surface area contributed by atoms with E-state index in [0.29, 0.717) is 31.3 Å². The summed E-state index contributed by atoms with van der Waals surface area (Å²) in [5.74, 6) is 2.29. The van der Waals surface area contributed by atoms with E-state index in [0.717, 1.165) is 17.9 Å². The third-order valence-electron chi connectivity index (χ3n) is 3.55. The van der Waals surface area contributed by atoms with Crippen molar-refractivity contribution in [3.05, 3.63) is 23.8 Å². The van der Waals surface area contributed by atoms with Gasteiger partial charge in [0.2, 0.25) is 0 Å². The lowest BCUT2D eigenvalue weighted by molar-refractivity contribution is 0.322. The fourth-order valence-electron chi connectivity index (χ4n) is 2.41. The average molecular weight is 264 g/mol. The van der Waals surface area contributed by atoms with Gasteiger partial charge < -0.3 is 14.2 Å². The van der Waals surface area contributed by atoms with Crippen LogP contribution in [0, 0.1) is 0 Å². The first kappa shape index (κ1) is 14.2. The van der Waals surface area contributed by atoms with E-state index in [1.807, 2.05) is 26.0 Å². The molecule has 2 rings (SSSR count). The Morgan fingerprint density at radius 1 is 1.21 bits per heavy atom. The van der Waals surface area contributed by atoms with Gasteiger partial charge in [-0.05, 0) is 51.3 Å². The van der Waals surface area contributed by atoms with Gasteiger partial charge in [-0.25, -0.2) is 0 Å². The Bertz CT molecular complexity index is 416. The molecule has 0 aromatic heterocycles. The van der Waals surface area contributed by atoms with Crippen molar-refractivity contribution in [1.82, 2.24) is 0 Å². The number of ether oxygens (including phenoxy) is 3. The van der Waals surface area contributed by atoms with Gasteiger partial charge in [-0.1, -0.05) is 6.92 Å². The molecule has 1 aromatic carbocycles. The molecule has 0 saturated carbocycles. The zero-order valence-corrected chi connectivity index (χ0v) is 12.3. The van der Waals surface area contributed by atoms with Gasteiger partial charge in [0, 0.05) is 5.56 Å². The van der Waals surface area contributed by atoms with E-state index in [1.54, 1.807) is 0 Å². The van der Waals surface area contributed by atoms with Crippen molar-refractivity contribution in [2.75, 3.05) is 13.2 Å². The lowest BCUT2D eigenvalue weighted by Crippen LogP contribution is -2.05. The average Bonchev–Trinajstić information content (AvgIpc) is 3.07. The minimum absolute atomic E-state index is 0.403. The Labute approximate surface area is 115 Å². The smallest absolute Gasteiger partial charge is 0.123 e. The lowest BCUT2D eigenvalue weighted by atomic mass is 9.94. The first-order valence-corrected chi connectivity index (χ1v) is 7.20. The molecule has 3 unspecified atom stereocenters. The number of epoxide rings is 1. The zero-order chi connectivity index (χ0) is 13.8. The molecule has 1 saturated heterocycles. The Hall–Kier alpha value is -1.22. The molecule has 3 nitrogen and oxygen atoms in total. The van der Waals surface area contributed by atoms with Crippen LogP contribution in [-0.2, 0) is 4.74 Å². The Balaban J connectivity index is 2.15. The summed E-state index contributed by atoms with van der Waals surface area (Å²) in [5.41, 5.74) is 1.22. The van der Waals surface area contributed by atoms with Crippen LogP contribution in [0.15, 0.2) is 18.2 Å². The van der Waals surface area contributed by atoms with Crippen LogP contribution in [0.25, 0.3) is 0 Å². The monoisotopic (exact) mass is 264 g/mol. The molecule has 1 aliphatic rings. The summed E-state index contributed by atoms with van der Waals surface area (Å²) >= 11 is 0. The van der Waals surface area contributed by atoms with Crippen LogP contribution in [0.5, 0.6) is 11.5 Å². The van der Waals surface area contributed by atoms with E-state index in [1.165, 1.54) is 5.56 Å². The fourth-order valence-corrected chi connectivity index (χ4v) is 2.41. The molecule has 1 heterocycles. The van der Waals surface area contributed by atoms with Crippen molar-refractivity contribution < 1.29 is 14.2 Å². The molecule has 3 heteroatoms. The van der Waals surface area contributed by atoms with Gasteiger partial charge in [0.15, 0.2) is 0 Å². The van der Waals surface area contributed by atoms with Crippen LogP contribution in [0.1, 0.15) is 45.6 Å². The highest BCUT2D eigenvalue weighted by atomic mass is 16.6. The molecule has 19 heavy (non-hydrogen) atoms. The minimum atomic E-state index is 0.403. The molecule has 3 atom stereocenters. The molecule has 0 radical (unpaired) electrons. The second-order valence-corrected chi connectivity index (χ2v) is 5.08. The van der Waals surface area contributed by atoms with E-state index >= 15 is 0 Å². The zero-order valence-electron chi connectivity index (χ0n) is 12.3. The van der Waals surface area contributed by atoms with Gasteiger partial charge in [-0.3, -0.25) is 0 Å². The van der Waals surface area contributed by atoms with Gasteiger partial charge in [-0.15, -0.1) is 0 Å². The molecule has 106 valence electrons. The number of benzene rings is 1. The van der Waals surface area contributed by atoms with Crippen molar-refractivity contribution in [3.63, 3.8) is 0 Å². The van der Waals surface area contributed by atoms with Crippen molar-refractivity contribution in [2.24, 2.45) is 0 Å². The van der Waals surface area contributed by atoms with Crippen molar-refractivity contribution >= 4 is 0 Å². The molecule has 0 amide bonds. The Morgan fingerprint density at radius 3 is 2.47 bits per heavy atom. The van der Waals surface area contributed by atoms with E-state index in [-0.39, 0.29) is 0 Å². The maximum atomic E-state index is 5.72. The summed E-state index contributed by atoms with van der Waals surface area (Å²) in [6.07, 6.45) is 1.85. The van der Waals surface area contributed by atoms with Gasteiger partial charge >= 0.3 is 0 Å². The molecule has 0 bridgehead atoms. The summed E-state index contributed by atoms with van der Waals surface area (Å²) in [7, 11) is 0. The maximum Gasteiger partial charge on any atom is 0.123 e. The Kier molecular flexibility index (Phi) is 4.70. The third kappa shape index (κ3) is 3.63. The molecule has 0 aliphatic carbocycles. The molecule has 1 aliphatic heterocycles. The van der Waals surface area contributed by atoms with Crippen molar-refractivity contribution in [1.29, 1.82) is 0 Å². The predicted octanol–water partition coefficient (Wildman–Crippen LogP) is 3.76. The van der Waals surface area contributed by atoms with Crippen molar-refractivity contribution in [3.8, 4) is 11.5 Å². The Morgan fingerprint density at radius 2 is 1.89 bits per heavy atom. The van der Waals surface area contributed by atoms with E-state index < -0.39 is 0 Å². The molecule has 0 spiro atoms. The molecule has 1 aromatic rings. The van der Waals surface area contributed by atoms with Gasteiger partial charge in [0.1, 0.15) is 11.5 Å². The van der Waals surface area contributed by atoms with Crippen LogP contribution >= 0.6 is 0 Å². The maximum absolute atomic E-state index is 5.72. The second-order valence-electron chi connectivity index (χ2n) is 5.08. The molecular formula is C16H24O3. The summed E-state index contributed by atoms with van der Waals surface area (Å²) in [4.78, 5) is 0. The summed E-state index contributed by atoms with van der Waals surface area (Å²) in [5, 5.41) is 0. The number of rotatable bonds is 7. The number of hydrogen-bond donors (Lipinski definition) is 0. The standard InChI is InChI=1S/C16H24O3/c1-5-17-13-7-8-15(18-6-2)14(10-13)11(3)9-16-12(4)19-16/h7-8,10-12,16H,5-6,9H2,1-4H3. The van der Waals surface area contributed by atoms with E-state index in [2.05, 4.69) is 19.9 Å². The highest BCUT2D eigenvalue weighted by Gasteiger charge is 2.35. The van der Waals surface area contributed by atoms with E-state index in [9.17, 15) is 0 Å². The fraction of sp³-hybridized carbons (Fsp3) is 0.625. The largest absolute Gasteiger partial charge is 0.494 e.